The summed E-state index contributed by atoms with van der Waals surface area (Å²) >= 11 is 5.94. The smallest absolute Gasteiger partial charge is 0.416 e. The van der Waals surface area contributed by atoms with Crippen molar-refractivity contribution in [2.24, 2.45) is 0 Å². The number of benzene rings is 2. The number of carboxylic acid groups (broad SMARTS) is 1. The molecule has 0 bridgehead atoms. The van der Waals surface area contributed by atoms with E-state index in [1.165, 1.54) is 6.07 Å². The summed E-state index contributed by atoms with van der Waals surface area (Å²) < 4.78 is 79.8. The molecule has 11 heteroatoms. The molecule has 3 rings (SSSR count). The second-order valence-corrected chi connectivity index (χ2v) is 6.76. The van der Waals surface area contributed by atoms with E-state index in [4.69, 9.17) is 16.7 Å². The molecule has 0 aliphatic carbocycles. The van der Waals surface area contributed by atoms with Crippen molar-refractivity contribution in [1.29, 1.82) is 0 Å². The number of aromatic nitrogens is 2. The largest absolute Gasteiger partial charge is 0.478 e. The number of alkyl halides is 6. The van der Waals surface area contributed by atoms with Crippen LogP contribution in [0.5, 0.6) is 0 Å². The molecule has 1 N–H and O–H groups in total. The molecule has 0 saturated carbocycles. The molecule has 0 spiro atoms. The highest BCUT2D eigenvalue weighted by atomic mass is 35.5. The fourth-order valence-corrected chi connectivity index (χ4v) is 2.92. The molecule has 1 heterocycles. The maximum atomic E-state index is 13.2. The van der Waals surface area contributed by atoms with Crippen LogP contribution in [0.15, 0.2) is 54.7 Å². The van der Waals surface area contributed by atoms with Crippen LogP contribution in [0.2, 0.25) is 5.02 Å². The van der Waals surface area contributed by atoms with E-state index < -0.39 is 35.1 Å². The first kappa shape index (κ1) is 22.4. The standard InChI is InChI=1S/C20H11ClF6N2O2/c21-15-3-1-2-11(6-15)18-12(4-5-17(30)31)10-29(28-18)16-8-13(19(22,23)24)7-14(9-16)20(25,26)27/h1-10H,(H,30,31)/b5-4+. The van der Waals surface area contributed by atoms with Gasteiger partial charge in [-0.1, -0.05) is 23.7 Å². The van der Waals surface area contributed by atoms with Crippen molar-refractivity contribution in [2.45, 2.75) is 12.4 Å². The average molecular weight is 461 g/mol. The fraction of sp³-hybridized carbons (Fsp3) is 0.100. The number of hydrogen-bond acceptors (Lipinski definition) is 2. The monoisotopic (exact) mass is 460 g/mol. The van der Waals surface area contributed by atoms with Crippen LogP contribution in [-0.2, 0) is 17.1 Å². The Labute approximate surface area is 176 Å². The zero-order chi connectivity index (χ0) is 23.0. The third kappa shape index (κ3) is 5.26. The van der Waals surface area contributed by atoms with Gasteiger partial charge in [0.1, 0.15) is 5.69 Å². The molecular weight excluding hydrogens is 450 g/mol. The molecular formula is C20H11ClF6N2O2. The summed E-state index contributed by atoms with van der Waals surface area (Å²) in [6, 6.07) is 7.20. The molecule has 0 saturated heterocycles. The number of rotatable bonds is 4. The highest BCUT2D eigenvalue weighted by Crippen LogP contribution is 2.37. The maximum Gasteiger partial charge on any atom is 0.416 e. The van der Waals surface area contributed by atoms with Gasteiger partial charge < -0.3 is 5.11 Å². The van der Waals surface area contributed by atoms with Gasteiger partial charge in [-0.2, -0.15) is 31.4 Å². The molecule has 0 unspecified atom stereocenters. The summed E-state index contributed by atoms with van der Waals surface area (Å²) in [6.07, 6.45) is -7.02. The van der Waals surface area contributed by atoms with Gasteiger partial charge in [0.2, 0.25) is 0 Å². The lowest BCUT2D eigenvalue weighted by Gasteiger charge is -2.14. The van der Waals surface area contributed by atoms with Gasteiger partial charge >= 0.3 is 18.3 Å². The molecule has 0 aliphatic rings. The molecule has 2 aromatic carbocycles. The fourth-order valence-electron chi connectivity index (χ4n) is 2.73. The molecule has 0 fully saturated rings. The van der Waals surface area contributed by atoms with Crippen molar-refractivity contribution < 1.29 is 36.2 Å². The minimum Gasteiger partial charge on any atom is -0.478 e. The Bertz CT molecular complexity index is 1130. The molecule has 0 aliphatic heterocycles. The van der Waals surface area contributed by atoms with Gasteiger partial charge in [-0.3, -0.25) is 0 Å². The van der Waals surface area contributed by atoms with Crippen molar-refractivity contribution in [3.8, 4) is 16.9 Å². The molecule has 0 atom stereocenters. The third-order valence-electron chi connectivity index (χ3n) is 4.08. The lowest BCUT2D eigenvalue weighted by atomic mass is 10.1. The number of hydrogen-bond donors (Lipinski definition) is 1. The quantitative estimate of drug-likeness (QED) is 0.366. The SMILES string of the molecule is O=C(O)/C=C/c1cn(-c2cc(C(F)(F)F)cc(C(F)(F)F)c2)nc1-c1cccc(Cl)c1. The number of aliphatic carboxylic acids is 1. The first-order valence-electron chi connectivity index (χ1n) is 8.41. The maximum absolute atomic E-state index is 13.2. The summed E-state index contributed by atoms with van der Waals surface area (Å²) in [4.78, 5) is 10.9. The lowest BCUT2D eigenvalue weighted by Crippen LogP contribution is -2.12. The zero-order valence-electron chi connectivity index (χ0n) is 15.2. The van der Waals surface area contributed by atoms with Crippen molar-refractivity contribution in [3.63, 3.8) is 0 Å². The lowest BCUT2D eigenvalue weighted by molar-refractivity contribution is -0.143. The molecule has 0 radical (unpaired) electrons. The Hall–Kier alpha value is -3.27. The third-order valence-corrected chi connectivity index (χ3v) is 4.32. The molecule has 1 aromatic heterocycles. The molecule has 3 aromatic rings. The van der Waals surface area contributed by atoms with Gasteiger partial charge in [-0.15, -0.1) is 0 Å². The van der Waals surface area contributed by atoms with Gasteiger partial charge in [0.05, 0.1) is 16.8 Å². The van der Waals surface area contributed by atoms with Crippen molar-refractivity contribution >= 4 is 23.6 Å². The van der Waals surface area contributed by atoms with E-state index in [0.717, 1.165) is 23.0 Å². The van der Waals surface area contributed by atoms with Gasteiger partial charge in [0.15, 0.2) is 0 Å². The van der Waals surface area contributed by atoms with Gasteiger partial charge in [0.25, 0.3) is 0 Å². The summed E-state index contributed by atoms with van der Waals surface area (Å²) in [5.41, 5.74) is -2.85. The Kier molecular flexibility index (Phi) is 5.86. The van der Waals surface area contributed by atoms with Gasteiger partial charge in [-0.05, 0) is 36.4 Å². The van der Waals surface area contributed by atoms with E-state index in [1.54, 1.807) is 18.2 Å². The van der Waals surface area contributed by atoms with Crippen LogP contribution < -0.4 is 0 Å². The Morgan fingerprint density at radius 2 is 1.61 bits per heavy atom. The van der Waals surface area contributed by atoms with E-state index in [9.17, 15) is 31.1 Å². The highest BCUT2D eigenvalue weighted by molar-refractivity contribution is 6.30. The van der Waals surface area contributed by atoms with Crippen LogP contribution in [-0.4, -0.2) is 20.9 Å². The van der Waals surface area contributed by atoms with E-state index in [2.05, 4.69) is 5.10 Å². The zero-order valence-corrected chi connectivity index (χ0v) is 15.9. The Morgan fingerprint density at radius 1 is 1.00 bits per heavy atom. The predicted molar refractivity (Wildman–Crippen MR) is 101 cm³/mol. The minimum absolute atomic E-state index is 0.0100. The first-order valence-corrected chi connectivity index (χ1v) is 8.79. The van der Waals surface area contributed by atoms with Crippen LogP contribution in [0.3, 0.4) is 0 Å². The van der Waals surface area contributed by atoms with E-state index in [1.807, 2.05) is 0 Å². The number of nitrogens with zero attached hydrogens (tertiary/aromatic N) is 2. The number of carbonyl (C=O) groups is 1. The topological polar surface area (TPSA) is 55.1 Å². The first-order chi connectivity index (χ1) is 14.3. The Morgan fingerprint density at radius 3 is 2.13 bits per heavy atom. The predicted octanol–water partition coefficient (Wildman–Crippen LogP) is 6.33. The Balaban J connectivity index is 2.23. The van der Waals surface area contributed by atoms with Crippen molar-refractivity contribution in [2.75, 3.05) is 0 Å². The summed E-state index contributed by atoms with van der Waals surface area (Å²) in [7, 11) is 0. The van der Waals surface area contributed by atoms with Crippen molar-refractivity contribution in [3.05, 3.63) is 76.5 Å². The van der Waals surface area contributed by atoms with Gasteiger partial charge in [-0.25, -0.2) is 9.48 Å². The molecule has 4 nitrogen and oxygen atoms in total. The summed E-state index contributed by atoms with van der Waals surface area (Å²) in [6.45, 7) is 0. The molecule has 0 amide bonds. The van der Waals surface area contributed by atoms with E-state index in [-0.39, 0.29) is 17.3 Å². The van der Waals surface area contributed by atoms with Gasteiger partial charge in [0, 0.05) is 28.4 Å². The van der Waals surface area contributed by atoms with Crippen LogP contribution in [0, 0.1) is 0 Å². The van der Waals surface area contributed by atoms with Crippen molar-refractivity contribution in [1.82, 2.24) is 9.78 Å². The highest BCUT2D eigenvalue weighted by Gasteiger charge is 2.37. The molecule has 162 valence electrons. The normalized spacial score (nSPS) is 12.5. The number of carboxylic acids is 1. The molecule has 31 heavy (non-hydrogen) atoms. The van der Waals surface area contributed by atoms with Crippen LogP contribution in [0.4, 0.5) is 26.3 Å². The summed E-state index contributed by atoms with van der Waals surface area (Å²) in [5, 5.41) is 13.3. The number of halogens is 7. The van der Waals surface area contributed by atoms with Crippen LogP contribution >= 0.6 is 11.6 Å². The van der Waals surface area contributed by atoms with E-state index >= 15 is 0 Å². The second kappa shape index (κ2) is 8.10. The minimum atomic E-state index is -5.02. The summed E-state index contributed by atoms with van der Waals surface area (Å²) in [5.74, 6) is -1.30. The van der Waals surface area contributed by atoms with Crippen LogP contribution in [0.1, 0.15) is 16.7 Å². The average Bonchev–Trinajstić information content (AvgIpc) is 3.09. The van der Waals surface area contributed by atoms with Crippen LogP contribution in [0.25, 0.3) is 23.0 Å². The van der Waals surface area contributed by atoms with E-state index in [0.29, 0.717) is 22.7 Å². The second-order valence-electron chi connectivity index (χ2n) is 6.32.